The molecule has 0 radical (unpaired) electrons. The van der Waals surface area contributed by atoms with Gasteiger partial charge in [0, 0.05) is 24.8 Å². The van der Waals surface area contributed by atoms with Gasteiger partial charge in [-0.3, -0.25) is 4.79 Å². The number of nitrogens with zero attached hydrogens (tertiary/aromatic N) is 1. The lowest BCUT2D eigenvalue weighted by atomic mass is 10.1. The predicted octanol–water partition coefficient (Wildman–Crippen LogP) is 1.50. The highest BCUT2D eigenvalue weighted by molar-refractivity contribution is 5.69. The molecule has 4 nitrogen and oxygen atoms in total. The minimum atomic E-state index is -0.789. The van der Waals surface area contributed by atoms with Crippen molar-refractivity contribution in [2.24, 2.45) is 0 Å². The van der Waals surface area contributed by atoms with Gasteiger partial charge in [-0.15, -0.1) is 0 Å². The van der Waals surface area contributed by atoms with Crippen molar-refractivity contribution in [3.05, 3.63) is 29.8 Å². The molecule has 2 N–H and O–H groups in total. The summed E-state index contributed by atoms with van der Waals surface area (Å²) in [6.07, 6.45) is 2.03. The smallest absolute Gasteiger partial charge is 0.317 e. The SMILES string of the molecule is CCc1ccccc1N1CCC(NCC(=O)O)C1. The van der Waals surface area contributed by atoms with Crippen LogP contribution in [0.2, 0.25) is 0 Å². The molecule has 18 heavy (non-hydrogen) atoms. The molecule has 1 aromatic rings. The number of anilines is 1. The predicted molar refractivity (Wildman–Crippen MR) is 72.1 cm³/mol. The molecule has 1 aliphatic heterocycles. The molecule has 1 heterocycles. The second kappa shape index (κ2) is 5.87. The van der Waals surface area contributed by atoms with Crippen LogP contribution >= 0.6 is 0 Å². The number of nitrogens with one attached hydrogen (secondary N) is 1. The summed E-state index contributed by atoms with van der Waals surface area (Å²) in [5.41, 5.74) is 2.65. The maximum absolute atomic E-state index is 10.5. The Hall–Kier alpha value is -1.55. The van der Waals surface area contributed by atoms with Crippen LogP contribution in [-0.4, -0.2) is 36.8 Å². The largest absolute Gasteiger partial charge is 0.480 e. The fourth-order valence-corrected chi connectivity index (χ4v) is 2.50. The van der Waals surface area contributed by atoms with Crippen molar-refractivity contribution in [2.75, 3.05) is 24.5 Å². The lowest BCUT2D eigenvalue weighted by Gasteiger charge is -2.21. The maximum atomic E-state index is 10.5. The lowest BCUT2D eigenvalue weighted by Crippen LogP contribution is -2.36. The summed E-state index contributed by atoms with van der Waals surface area (Å²) in [6.45, 7) is 4.10. The van der Waals surface area contributed by atoms with E-state index >= 15 is 0 Å². The van der Waals surface area contributed by atoms with Gasteiger partial charge in [0.05, 0.1) is 6.54 Å². The molecule has 0 saturated carbocycles. The first-order chi connectivity index (χ1) is 8.70. The van der Waals surface area contributed by atoms with Crippen molar-refractivity contribution < 1.29 is 9.90 Å². The summed E-state index contributed by atoms with van der Waals surface area (Å²) >= 11 is 0. The normalized spacial score (nSPS) is 19.2. The molecule has 0 bridgehead atoms. The van der Waals surface area contributed by atoms with Crippen molar-refractivity contribution >= 4 is 11.7 Å². The van der Waals surface area contributed by atoms with E-state index in [0.717, 1.165) is 25.9 Å². The van der Waals surface area contributed by atoms with Crippen LogP contribution in [0, 0.1) is 0 Å². The van der Waals surface area contributed by atoms with Crippen LogP contribution in [0.4, 0.5) is 5.69 Å². The van der Waals surface area contributed by atoms with Gasteiger partial charge in [0.25, 0.3) is 0 Å². The molecule has 1 aromatic carbocycles. The highest BCUT2D eigenvalue weighted by Crippen LogP contribution is 2.24. The van der Waals surface area contributed by atoms with E-state index < -0.39 is 5.97 Å². The van der Waals surface area contributed by atoms with Gasteiger partial charge in [-0.25, -0.2) is 0 Å². The third-order valence-corrected chi connectivity index (χ3v) is 3.44. The van der Waals surface area contributed by atoms with E-state index in [4.69, 9.17) is 5.11 Å². The Balaban J connectivity index is 1.97. The number of hydrogen-bond acceptors (Lipinski definition) is 3. The summed E-state index contributed by atoms with van der Waals surface area (Å²) in [4.78, 5) is 12.9. The van der Waals surface area contributed by atoms with Gasteiger partial charge in [0.15, 0.2) is 0 Å². The Bertz CT molecular complexity index is 420. The van der Waals surface area contributed by atoms with Crippen LogP contribution in [0.3, 0.4) is 0 Å². The number of benzene rings is 1. The number of hydrogen-bond donors (Lipinski definition) is 2. The molecular formula is C14H20N2O2. The van der Waals surface area contributed by atoms with Gasteiger partial charge >= 0.3 is 5.97 Å². The van der Waals surface area contributed by atoms with Crippen LogP contribution in [0.1, 0.15) is 18.9 Å². The summed E-state index contributed by atoms with van der Waals surface area (Å²) < 4.78 is 0. The second-order valence-electron chi connectivity index (χ2n) is 4.69. The number of carboxylic acid groups (broad SMARTS) is 1. The van der Waals surface area contributed by atoms with E-state index in [9.17, 15) is 4.79 Å². The first-order valence-electron chi connectivity index (χ1n) is 6.48. The lowest BCUT2D eigenvalue weighted by molar-refractivity contribution is -0.136. The van der Waals surface area contributed by atoms with Crippen LogP contribution in [-0.2, 0) is 11.2 Å². The average molecular weight is 248 g/mol. The Morgan fingerprint density at radius 2 is 2.28 bits per heavy atom. The molecule has 2 rings (SSSR count). The van der Waals surface area contributed by atoms with Gasteiger partial charge < -0.3 is 15.3 Å². The van der Waals surface area contributed by atoms with E-state index in [1.54, 1.807) is 0 Å². The maximum Gasteiger partial charge on any atom is 0.317 e. The zero-order valence-corrected chi connectivity index (χ0v) is 10.7. The van der Waals surface area contributed by atoms with E-state index in [0.29, 0.717) is 0 Å². The standard InChI is InChI=1S/C14H20N2O2/c1-2-11-5-3-4-6-13(11)16-8-7-12(10-16)15-9-14(17)18/h3-6,12,15H,2,7-10H2,1H3,(H,17,18). The van der Waals surface area contributed by atoms with Crippen LogP contribution in [0.5, 0.6) is 0 Å². The summed E-state index contributed by atoms with van der Waals surface area (Å²) in [5, 5.41) is 11.7. The summed E-state index contributed by atoms with van der Waals surface area (Å²) in [7, 11) is 0. The zero-order chi connectivity index (χ0) is 13.0. The Kier molecular flexibility index (Phi) is 4.20. The molecule has 98 valence electrons. The van der Waals surface area contributed by atoms with Gasteiger partial charge in [-0.2, -0.15) is 0 Å². The van der Waals surface area contributed by atoms with E-state index in [1.165, 1.54) is 11.3 Å². The van der Waals surface area contributed by atoms with Gasteiger partial charge in [-0.1, -0.05) is 25.1 Å². The van der Waals surface area contributed by atoms with Crippen molar-refractivity contribution in [3.8, 4) is 0 Å². The fourth-order valence-electron chi connectivity index (χ4n) is 2.50. The van der Waals surface area contributed by atoms with E-state index in [-0.39, 0.29) is 12.6 Å². The van der Waals surface area contributed by atoms with Crippen LogP contribution in [0.15, 0.2) is 24.3 Å². The molecule has 1 saturated heterocycles. The molecule has 0 aromatic heterocycles. The number of aryl methyl sites for hydroxylation is 1. The fraction of sp³-hybridized carbons (Fsp3) is 0.500. The molecule has 1 fully saturated rings. The minimum Gasteiger partial charge on any atom is -0.480 e. The van der Waals surface area contributed by atoms with Crippen molar-refractivity contribution in [3.63, 3.8) is 0 Å². The first-order valence-corrected chi connectivity index (χ1v) is 6.48. The number of aliphatic carboxylic acids is 1. The van der Waals surface area contributed by atoms with Crippen molar-refractivity contribution in [2.45, 2.75) is 25.8 Å². The Morgan fingerprint density at radius 1 is 1.50 bits per heavy atom. The van der Waals surface area contributed by atoms with E-state index in [1.807, 2.05) is 0 Å². The second-order valence-corrected chi connectivity index (χ2v) is 4.69. The Labute approximate surface area is 108 Å². The molecule has 1 aliphatic rings. The minimum absolute atomic E-state index is 0.0495. The molecular weight excluding hydrogens is 228 g/mol. The van der Waals surface area contributed by atoms with Gasteiger partial charge in [0.2, 0.25) is 0 Å². The van der Waals surface area contributed by atoms with E-state index in [2.05, 4.69) is 41.4 Å². The van der Waals surface area contributed by atoms with Gasteiger partial charge in [-0.05, 0) is 24.5 Å². The zero-order valence-electron chi connectivity index (χ0n) is 10.7. The molecule has 1 unspecified atom stereocenters. The number of carboxylic acids is 1. The topological polar surface area (TPSA) is 52.6 Å². The summed E-state index contributed by atoms with van der Waals surface area (Å²) in [5.74, 6) is -0.789. The monoisotopic (exact) mass is 248 g/mol. The third-order valence-electron chi connectivity index (χ3n) is 3.44. The quantitative estimate of drug-likeness (QED) is 0.829. The Morgan fingerprint density at radius 3 is 3.00 bits per heavy atom. The number of rotatable bonds is 5. The van der Waals surface area contributed by atoms with Crippen LogP contribution < -0.4 is 10.2 Å². The first kappa shape index (κ1) is 12.9. The average Bonchev–Trinajstić information content (AvgIpc) is 2.85. The molecule has 0 amide bonds. The van der Waals surface area contributed by atoms with Crippen molar-refractivity contribution in [1.29, 1.82) is 0 Å². The molecule has 1 atom stereocenters. The molecule has 4 heteroatoms. The third kappa shape index (κ3) is 3.01. The number of para-hydroxylation sites is 1. The van der Waals surface area contributed by atoms with Gasteiger partial charge in [0.1, 0.15) is 0 Å². The number of carbonyl (C=O) groups is 1. The summed E-state index contributed by atoms with van der Waals surface area (Å²) in [6, 6.07) is 8.72. The van der Waals surface area contributed by atoms with Crippen LogP contribution in [0.25, 0.3) is 0 Å². The van der Waals surface area contributed by atoms with Crippen molar-refractivity contribution in [1.82, 2.24) is 5.32 Å². The highest BCUT2D eigenvalue weighted by atomic mass is 16.4. The molecule has 0 spiro atoms. The molecule has 0 aliphatic carbocycles. The highest BCUT2D eigenvalue weighted by Gasteiger charge is 2.23.